The van der Waals surface area contributed by atoms with Crippen LogP contribution in [0.5, 0.6) is 11.5 Å². The Morgan fingerprint density at radius 2 is 1.93 bits per heavy atom. The van der Waals surface area contributed by atoms with Crippen molar-refractivity contribution in [1.29, 1.82) is 0 Å². The molecule has 0 amide bonds. The molecule has 6 heteroatoms. The molecule has 6 nitrogen and oxygen atoms in total. The predicted molar refractivity (Wildman–Crippen MR) is 113 cm³/mol. The molecule has 2 aromatic carbocycles. The van der Waals surface area contributed by atoms with Crippen LogP contribution in [0.2, 0.25) is 0 Å². The third-order valence-electron chi connectivity index (χ3n) is 4.75. The van der Waals surface area contributed by atoms with Gasteiger partial charge in [-0.2, -0.15) is 0 Å². The topological polar surface area (TPSA) is 81.8 Å². The summed E-state index contributed by atoms with van der Waals surface area (Å²) in [6.07, 6.45) is 2.62. The fraction of sp³-hybridized carbons (Fsp3) is 0.217. The first-order chi connectivity index (χ1) is 14.3. The molecule has 1 aliphatic rings. The van der Waals surface area contributed by atoms with Crippen molar-refractivity contribution >= 4 is 5.96 Å². The quantitative estimate of drug-likeness (QED) is 0.498. The number of fused-ring (bicyclic) bond motifs is 1. The minimum absolute atomic E-state index is 0.117. The number of guanidine groups is 1. The van der Waals surface area contributed by atoms with Crippen LogP contribution in [-0.2, 0) is 13.2 Å². The van der Waals surface area contributed by atoms with Gasteiger partial charge in [0.2, 0.25) is 0 Å². The van der Waals surface area contributed by atoms with Gasteiger partial charge in [0.1, 0.15) is 18.1 Å². The van der Waals surface area contributed by atoms with Crippen LogP contribution in [0.25, 0.3) is 0 Å². The van der Waals surface area contributed by atoms with E-state index in [9.17, 15) is 0 Å². The van der Waals surface area contributed by atoms with Gasteiger partial charge >= 0.3 is 0 Å². The Bertz CT molecular complexity index is 958. The second-order valence-corrected chi connectivity index (χ2v) is 6.83. The molecule has 1 aliphatic heterocycles. The average Bonchev–Trinajstić information content (AvgIpc) is 2.78. The fourth-order valence-electron chi connectivity index (χ4n) is 3.22. The number of ether oxygens (including phenoxy) is 2. The molecular weight excluding hydrogens is 364 g/mol. The maximum absolute atomic E-state index is 6.12. The molecule has 0 saturated carbocycles. The van der Waals surface area contributed by atoms with E-state index in [1.165, 1.54) is 0 Å². The lowest BCUT2D eigenvalue weighted by atomic mass is 10.0. The molecule has 1 unspecified atom stereocenters. The van der Waals surface area contributed by atoms with Crippen LogP contribution in [0.4, 0.5) is 0 Å². The van der Waals surface area contributed by atoms with E-state index in [2.05, 4.69) is 21.4 Å². The number of para-hydroxylation sites is 1. The van der Waals surface area contributed by atoms with Gasteiger partial charge in [-0.05, 0) is 35.9 Å². The minimum Gasteiger partial charge on any atom is -0.493 e. The van der Waals surface area contributed by atoms with Crippen molar-refractivity contribution in [3.8, 4) is 11.5 Å². The summed E-state index contributed by atoms with van der Waals surface area (Å²) in [6.45, 7) is 1.62. The largest absolute Gasteiger partial charge is 0.493 e. The van der Waals surface area contributed by atoms with Gasteiger partial charge in [-0.25, -0.2) is 4.99 Å². The fourth-order valence-corrected chi connectivity index (χ4v) is 3.22. The van der Waals surface area contributed by atoms with E-state index < -0.39 is 0 Å². The van der Waals surface area contributed by atoms with Crippen LogP contribution >= 0.6 is 0 Å². The summed E-state index contributed by atoms with van der Waals surface area (Å²) in [5.41, 5.74) is 9.20. The molecule has 4 rings (SSSR count). The maximum atomic E-state index is 6.12. The van der Waals surface area contributed by atoms with E-state index in [0.717, 1.165) is 34.7 Å². The highest BCUT2D eigenvalue weighted by Crippen LogP contribution is 2.31. The number of aliphatic imine (C=N–C) groups is 1. The Kier molecular flexibility index (Phi) is 5.90. The average molecular weight is 388 g/mol. The van der Waals surface area contributed by atoms with Crippen molar-refractivity contribution in [2.24, 2.45) is 10.7 Å². The predicted octanol–water partition coefficient (Wildman–Crippen LogP) is 3.59. The molecule has 29 heavy (non-hydrogen) atoms. The van der Waals surface area contributed by atoms with Crippen molar-refractivity contribution in [3.63, 3.8) is 0 Å². The number of pyridine rings is 1. The van der Waals surface area contributed by atoms with E-state index in [1.54, 1.807) is 6.20 Å². The van der Waals surface area contributed by atoms with Gasteiger partial charge in [-0.15, -0.1) is 0 Å². The minimum atomic E-state index is 0.117. The lowest BCUT2D eigenvalue weighted by Gasteiger charge is -2.26. The Morgan fingerprint density at radius 1 is 1.10 bits per heavy atom. The van der Waals surface area contributed by atoms with Gasteiger partial charge in [0.15, 0.2) is 5.96 Å². The molecule has 1 atom stereocenters. The Morgan fingerprint density at radius 3 is 2.76 bits per heavy atom. The number of benzene rings is 2. The summed E-state index contributed by atoms with van der Waals surface area (Å²) >= 11 is 0. The van der Waals surface area contributed by atoms with Gasteiger partial charge in [-0.3, -0.25) is 4.98 Å². The van der Waals surface area contributed by atoms with Crippen molar-refractivity contribution in [2.45, 2.75) is 25.6 Å². The molecule has 3 aromatic rings. The van der Waals surface area contributed by atoms with Crippen molar-refractivity contribution < 1.29 is 9.47 Å². The Labute approximate surface area is 170 Å². The van der Waals surface area contributed by atoms with E-state index in [-0.39, 0.29) is 6.04 Å². The van der Waals surface area contributed by atoms with Crippen LogP contribution in [-0.4, -0.2) is 17.6 Å². The molecule has 3 N–H and O–H groups in total. The van der Waals surface area contributed by atoms with Gasteiger partial charge in [0, 0.05) is 18.2 Å². The zero-order valence-electron chi connectivity index (χ0n) is 16.1. The van der Waals surface area contributed by atoms with Gasteiger partial charge < -0.3 is 20.5 Å². The smallest absolute Gasteiger partial charge is 0.189 e. The second-order valence-electron chi connectivity index (χ2n) is 6.83. The number of hydrogen-bond acceptors (Lipinski definition) is 4. The van der Waals surface area contributed by atoms with Gasteiger partial charge in [0.25, 0.3) is 0 Å². The first kappa shape index (κ1) is 18.8. The third kappa shape index (κ3) is 5.04. The molecule has 0 fully saturated rings. The highest BCUT2D eigenvalue weighted by molar-refractivity contribution is 5.78. The summed E-state index contributed by atoms with van der Waals surface area (Å²) in [7, 11) is 0. The maximum Gasteiger partial charge on any atom is 0.189 e. The Balaban J connectivity index is 1.31. The van der Waals surface area contributed by atoms with Crippen LogP contribution in [0.1, 0.15) is 29.3 Å². The van der Waals surface area contributed by atoms with Crippen molar-refractivity contribution in [3.05, 3.63) is 89.7 Å². The lowest BCUT2D eigenvalue weighted by Crippen LogP contribution is -2.37. The first-order valence-corrected chi connectivity index (χ1v) is 9.68. The van der Waals surface area contributed by atoms with E-state index in [1.807, 2.05) is 60.7 Å². The summed E-state index contributed by atoms with van der Waals surface area (Å²) in [6, 6.07) is 21.8. The van der Waals surface area contributed by atoms with E-state index >= 15 is 0 Å². The molecule has 0 aliphatic carbocycles. The SMILES string of the molecule is NC(=NCc1ccc(OCc2ccccn2)cc1)NC1CCOc2ccccc21. The molecule has 1 aromatic heterocycles. The molecule has 0 saturated heterocycles. The monoisotopic (exact) mass is 388 g/mol. The second kappa shape index (κ2) is 9.10. The highest BCUT2D eigenvalue weighted by atomic mass is 16.5. The molecule has 148 valence electrons. The number of aromatic nitrogens is 1. The molecule has 0 radical (unpaired) electrons. The summed E-state index contributed by atoms with van der Waals surface area (Å²) in [5.74, 6) is 2.14. The first-order valence-electron chi connectivity index (χ1n) is 9.68. The normalized spacial score (nSPS) is 15.9. The van der Waals surface area contributed by atoms with Crippen LogP contribution < -0.4 is 20.5 Å². The van der Waals surface area contributed by atoms with Gasteiger partial charge in [-0.1, -0.05) is 36.4 Å². The summed E-state index contributed by atoms with van der Waals surface area (Å²) < 4.78 is 11.4. The number of nitrogens with one attached hydrogen (secondary N) is 1. The van der Waals surface area contributed by atoms with E-state index in [0.29, 0.717) is 25.7 Å². The van der Waals surface area contributed by atoms with Crippen molar-refractivity contribution in [1.82, 2.24) is 10.3 Å². The number of hydrogen-bond donors (Lipinski definition) is 2. The zero-order chi connectivity index (χ0) is 19.9. The van der Waals surface area contributed by atoms with Gasteiger partial charge in [0.05, 0.1) is 24.9 Å². The Hall–Kier alpha value is -3.54. The van der Waals surface area contributed by atoms with E-state index in [4.69, 9.17) is 15.2 Å². The lowest BCUT2D eigenvalue weighted by molar-refractivity contribution is 0.262. The molecule has 0 bridgehead atoms. The van der Waals surface area contributed by atoms with Crippen LogP contribution in [0.3, 0.4) is 0 Å². The zero-order valence-corrected chi connectivity index (χ0v) is 16.1. The molecule has 2 heterocycles. The number of nitrogens with two attached hydrogens (primary N) is 1. The third-order valence-corrected chi connectivity index (χ3v) is 4.75. The number of nitrogens with zero attached hydrogens (tertiary/aromatic N) is 2. The molecule has 0 spiro atoms. The van der Waals surface area contributed by atoms with Crippen molar-refractivity contribution in [2.75, 3.05) is 6.61 Å². The summed E-state index contributed by atoms with van der Waals surface area (Å²) in [4.78, 5) is 8.73. The van der Waals surface area contributed by atoms with Crippen LogP contribution in [0, 0.1) is 0 Å². The standard InChI is InChI=1S/C23H24N4O2/c24-23(27-21-12-14-28-22-7-2-1-6-20(21)22)26-15-17-8-10-19(11-9-17)29-16-18-5-3-4-13-25-18/h1-11,13,21H,12,14-16H2,(H3,24,26,27). The highest BCUT2D eigenvalue weighted by Gasteiger charge is 2.21. The summed E-state index contributed by atoms with van der Waals surface area (Å²) in [5, 5.41) is 3.31. The molecular formula is C23H24N4O2. The van der Waals surface area contributed by atoms with Crippen LogP contribution in [0.15, 0.2) is 77.9 Å². The number of rotatable bonds is 6.